The molecular weight excluding hydrogens is 639 g/mol. The molecule has 1 aromatic heterocycles. The normalized spacial score (nSPS) is 16.5. The number of nitrogens with zero attached hydrogens (tertiary/aromatic N) is 5. The van der Waals surface area contributed by atoms with E-state index in [0.717, 1.165) is 78.1 Å². The average Bonchev–Trinajstić information content (AvgIpc) is 3.84. The van der Waals surface area contributed by atoms with Gasteiger partial charge in [0.05, 0.1) is 5.69 Å². The molecule has 0 radical (unpaired) electrons. The molecule has 2 amide bonds. The number of fused-ring (bicyclic) bond motifs is 2. The molecule has 10 heteroatoms. The Kier molecular flexibility index (Phi) is 9.74. The molecular formula is C39H44ClFN6O2. The van der Waals surface area contributed by atoms with Crippen molar-refractivity contribution >= 4 is 29.1 Å². The first kappa shape index (κ1) is 33.3. The zero-order chi connectivity index (χ0) is 34.1. The zero-order valence-electron chi connectivity index (χ0n) is 28.4. The third-order valence-corrected chi connectivity index (χ3v) is 10.5. The molecule has 0 spiro atoms. The van der Waals surface area contributed by atoms with Crippen LogP contribution in [0.3, 0.4) is 0 Å². The molecule has 0 saturated carbocycles. The smallest absolute Gasteiger partial charge is 0.251 e. The van der Waals surface area contributed by atoms with E-state index in [1.165, 1.54) is 37.7 Å². The molecule has 0 aliphatic carbocycles. The SMILES string of the molecule is CC(=O)N1CCc2c(c(-c3ccc(Cl)c(-c4cccc(C(=O)N[C@@H](C)CN5CCc6cc(F)ccc65)c4)c3)nn2CCCN2CCCC2)C1. The summed E-state index contributed by atoms with van der Waals surface area (Å²) in [6, 6.07) is 18.3. The number of rotatable bonds is 10. The molecule has 0 unspecified atom stereocenters. The molecule has 49 heavy (non-hydrogen) atoms. The molecule has 3 aliphatic heterocycles. The lowest BCUT2D eigenvalue weighted by molar-refractivity contribution is -0.129. The van der Waals surface area contributed by atoms with Crippen molar-refractivity contribution in [3.8, 4) is 22.4 Å². The fourth-order valence-corrected chi connectivity index (χ4v) is 7.89. The van der Waals surface area contributed by atoms with E-state index in [9.17, 15) is 14.0 Å². The van der Waals surface area contributed by atoms with Crippen LogP contribution in [0.5, 0.6) is 0 Å². The van der Waals surface area contributed by atoms with Crippen LogP contribution in [-0.4, -0.2) is 76.7 Å². The number of halogens is 2. The summed E-state index contributed by atoms with van der Waals surface area (Å²) in [6.07, 6.45) is 5.18. The lowest BCUT2D eigenvalue weighted by atomic mass is 9.96. The first-order valence-corrected chi connectivity index (χ1v) is 17.9. The van der Waals surface area contributed by atoms with Crippen LogP contribution in [0.25, 0.3) is 22.4 Å². The number of likely N-dealkylation sites (tertiary alicyclic amines) is 1. The molecule has 1 N–H and O–H groups in total. The molecule has 0 bridgehead atoms. The van der Waals surface area contributed by atoms with Crippen molar-refractivity contribution in [3.63, 3.8) is 0 Å². The van der Waals surface area contributed by atoms with Crippen molar-refractivity contribution < 1.29 is 14.0 Å². The van der Waals surface area contributed by atoms with E-state index in [0.29, 0.717) is 30.2 Å². The Morgan fingerprint density at radius 3 is 2.61 bits per heavy atom. The lowest BCUT2D eigenvalue weighted by Gasteiger charge is -2.27. The molecule has 256 valence electrons. The van der Waals surface area contributed by atoms with Gasteiger partial charge in [0, 0.05) is 90.8 Å². The van der Waals surface area contributed by atoms with Crippen LogP contribution in [0.15, 0.2) is 60.7 Å². The number of carbonyl (C=O) groups is 2. The van der Waals surface area contributed by atoms with E-state index in [-0.39, 0.29) is 23.7 Å². The predicted molar refractivity (Wildman–Crippen MR) is 192 cm³/mol. The fourth-order valence-electron chi connectivity index (χ4n) is 7.66. The van der Waals surface area contributed by atoms with E-state index in [4.69, 9.17) is 16.7 Å². The standard InChI is InChI=1S/C39H44ClFN6O2/c1-26(24-46-19-13-29-22-32(41)10-12-36(29)46)42-39(49)31-8-5-7-28(21-31)33-23-30(9-11-35(33)40)38-34-25-45(27(2)48)20-14-37(34)47(43-38)18-6-17-44-15-3-4-16-44/h5,7-12,21-23,26H,3-4,6,13-20,24-25H2,1-2H3,(H,42,49)/t26-/m0/s1. The third-order valence-electron chi connectivity index (χ3n) is 10.2. The van der Waals surface area contributed by atoms with Gasteiger partial charge >= 0.3 is 0 Å². The average molecular weight is 683 g/mol. The van der Waals surface area contributed by atoms with Gasteiger partial charge in [0.15, 0.2) is 0 Å². The summed E-state index contributed by atoms with van der Waals surface area (Å²) in [5.74, 6) is -0.309. The van der Waals surface area contributed by atoms with Crippen molar-refractivity contribution in [3.05, 3.63) is 93.9 Å². The van der Waals surface area contributed by atoms with Gasteiger partial charge < -0.3 is 20.0 Å². The summed E-state index contributed by atoms with van der Waals surface area (Å²) >= 11 is 6.81. The Morgan fingerprint density at radius 2 is 1.80 bits per heavy atom. The molecule has 3 aromatic carbocycles. The van der Waals surface area contributed by atoms with E-state index in [2.05, 4.69) is 25.9 Å². The largest absolute Gasteiger partial charge is 0.369 e. The number of nitrogens with one attached hydrogen (secondary N) is 1. The van der Waals surface area contributed by atoms with Gasteiger partial charge in [-0.05, 0) is 106 Å². The summed E-state index contributed by atoms with van der Waals surface area (Å²) in [6.45, 7) is 10.6. The summed E-state index contributed by atoms with van der Waals surface area (Å²) in [5.41, 5.74) is 8.37. The highest BCUT2D eigenvalue weighted by Gasteiger charge is 2.28. The van der Waals surface area contributed by atoms with Gasteiger partial charge in [0.25, 0.3) is 5.91 Å². The van der Waals surface area contributed by atoms with Gasteiger partial charge in [-0.2, -0.15) is 5.10 Å². The molecule has 1 fully saturated rings. The van der Waals surface area contributed by atoms with Gasteiger partial charge in [-0.1, -0.05) is 29.8 Å². The van der Waals surface area contributed by atoms with Crippen LogP contribution >= 0.6 is 11.6 Å². The summed E-state index contributed by atoms with van der Waals surface area (Å²) in [5, 5.41) is 8.88. The second-order valence-corrected chi connectivity index (χ2v) is 14.1. The molecule has 1 saturated heterocycles. The second-order valence-electron chi connectivity index (χ2n) is 13.7. The van der Waals surface area contributed by atoms with Gasteiger partial charge in [0.1, 0.15) is 5.82 Å². The number of aromatic nitrogens is 2. The number of aryl methyl sites for hydroxylation is 1. The summed E-state index contributed by atoms with van der Waals surface area (Å²) < 4.78 is 15.9. The fraction of sp³-hybridized carbons (Fsp3) is 0.410. The first-order chi connectivity index (χ1) is 23.7. The van der Waals surface area contributed by atoms with Gasteiger partial charge in [0.2, 0.25) is 5.91 Å². The minimum absolute atomic E-state index is 0.0697. The van der Waals surface area contributed by atoms with Crippen molar-refractivity contribution in [2.75, 3.05) is 44.2 Å². The number of benzene rings is 3. The first-order valence-electron chi connectivity index (χ1n) is 17.5. The number of carbonyl (C=O) groups excluding carboxylic acids is 2. The Morgan fingerprint density at radius 1 is 0.959 bits per heavy atom. The number of hydrogen-bond donors (Lipinski definition) is 1. The zero-order valence-corrected chi connectivity index (χ0v) is 29.1. The molecule has 8 nitrogen and oxygen atoms in total. The molecule has 1 atom stereocenters. The van der Waals surface area contributed by atoms with Crippen LogP contribution in [0.4, 0.5) is 10.1 Å². The Balaban J connectivity index is 1.10. The minimum atomic E-state index is -0.218. The molecule has 4 aromatic rings. The predicted octanol–water partition coefficient (Wildman–Crippen LogP) is 6.58. The number of amides is 2. The van der Waals surface area contributed by atoms with Gasteiger partial charge in [-0.15, -0.1) is 0 Å². The van der Waals surface area contributed by atoms with Crippen molar-refractivity contribution in [2.24, 2.45) is 0 Å². The summed E-state index contributed by atoms with van der Waals surface area (Å²) in [7, 11) is 0. The quantitative estimate of drug-likeness (QED) is 0.205. The van der Waals surface area contributed by atoms with Gasteiger partial charge in [-0.25, -0.2) is 4.39 Å². The molecule has 7 rings (SSSR count). The lowest BCUT2D eigenvalue weighted by Crippen LogP contribution is -2.41. The van der Waals surface area contributed by atoms with E-state index in [1.54, 1.807) is 13.0 Å². The Labute approximate surface area is 292 Å². The van der Waals surface area contributed by atoms with E-state index in [1.807, 2.05) is 54.3 Å². The van der Waals surface area contributed by atoms with Crippen molar-refractivity contribution in [2.45, 2.75) is 65.1 Å². The Bertz CT molecular complexity index is 1870. The minimum Gasteiger partial charge on any atom is -0.369 e. The van der Waals surface area contributed by atoms with Crippen LogP contribution in [0, 0.1) is 5.82 Å². The molecule has 4 heterocycles. The Hall–Kier alpha value is -4.21. The monoisotopic (exact) mass is 682 g/mol. The van der Waals surface area contributed by atoms with Crippen LogP contribution < -0.4 is 10.2 Å². The second kappa shape index (κ2) is 14.3. The van der Waals surface area contributed by atoms with E-state index >= 15 is 0 Å². The van der Waals surface area contributed by atoms with Crippen LogP contribution in [0.1, 0.15) is 60.3 Å². The van der Waals surface area contributed by atoms with Crippen LogP contribution in [0.2, 0.25) is 5.02 Å². The highest BCUT2D eigenvalue weighted by Crippen LogP contribution is 2.36. The maximum atomic E-state index is 13.7. The molecule has 3 aliphatic rings. The van der Waals surface area contributed by atoms with Crippen LogP contribution in [-0.2, 0) is 30.7 Å². The highest BCUT2D eigenvalue weighted by atomic mass is 35.5. The third kappa shape index (κ3) is 7.24. The van der Waals surface area contributed by atoms with Crippen molar-refractivity contribution in [1.29, 1.82) is 0 Å². The van der Waals surface area contributed by atoms with E-state index < -0.39 is 0 Å². The van der Waals surface area contributed by atoms with Crippen molar-refractivity contribution in [1.82, 2.24) is 24.9 Å². The number of anilines is 1. The van der Waals surface area contributed by atoms with Gasteiger partial charge in [-0.3, -0.25) is 14.3 Å². The topological polar surface area (TPSA) is 73.7 Å². The maximum absolute atomic E-state index is 13.7. The summed E-state index contributed by atoms with van der Waals surface area (Å²) in [4.78, 5) is 32.5. The number of hydrogen-bond acceptors (Lipinski definition) is 5. The maximum Gasteiger partial charge on any atom is 0.251 e. The highest BCUT2D eigenvalue weighted by molar-refractivity contribution is 6.33.